The number of amides is 1. The number of nitrogens with zero attached hydrogens (tertiary/aromatic N) is 1. The third-order valence-corrected chi connectivity index (χ3v) is 4.35. The van der Waals surface area contributed by atoms with Gasteiger partial charge in [-0.2, -0.15) is 8.78 Å². The number of hydrogen-bond donors (Lipinski definition) is 1. The summed E-state index contributed by atoms with van der Waals surface area (Å²) in [5, 5.41) is 9.05. The van der Waals surface area contributed by atoms with Crippen molar-refractivity contribution in [1.29, 1.82) is 0 Å². The van der Waals surface area contributed by atoms with E-state index in [1.54, 1.807) is 0 Å². The lowest BCUT2D eigenvalue weighted by Gasteiger charge is -2.31. The summed E-state index contributed by atoms with van der Waals surface area (Å²) in [5.41, 5.74) is 1.36. The molecule has 0 aromatic carbocycles. The second kappa shape index (κ2) is 7.33. The number of ether oxygens (including phenoxy) is 1. The van der Waals surface area contributed by atoms with Gasteiger partial charge in [-0.15, -0.1) is 0 Å². The highest BCUT2D eigenvalue weighted by Gasteiger charge is 2.43. The first-order chi connectivity index (χ1) is 10.4. The van der Waals surface area contributed by atoms with Crippen molar-refractivity contribution < 1.29 is 23.4 Å². The number of halogens is 2. The van der Waals surface area contributed by atoms with E-state index in [0.717, 1.165) is 5.57 Å². The Labute approximate surface area is 129 Å². The highest BCUT2D eigenvalue weighted by Crippen LogP contribution is 2.35. The van der Waals surface area contributed by atoms with E-state index in [4.69, 9.17) is 9.84 Å². The molecule has 0 spiro atoms. The molecule has 4 nitrogen and oxygen atoms in total. The maximum atomic E-state index is 14.2. The standard InChI is InChI=1S/C16H23F2NO3/c1-12(14-4-2-13(11-20)3-5-14)10-16(17,18)15(21)19-6-8-22-9-7-19/h2,14,20H,1,3-11H2. The molecule has 0 radical (unpaired) electrons. The van der Waals surface area contributed by atoms with Crippen LogP contribution in [0, 0.1) is 5.92 Å². The van der Waals surface area contributed by atoms with E-state index in [1.807, 2.05) is 6.08 Å². The quantitative estimate of drug-likeness (QED) is 0.791. The fourth-order valence-corrected chi connectivity index (χ4v) is 2.91. The van der Waals surface area contributed by atoms with Crippen LogP contribution in [-0.2, 0) is 9.53 Å². The van der Waals surface area contributed by atoms with Crippen molar-refractivity contribution in [3.05, 3.63) is 23.8 Å². The van der Waals surface area contributed by atoms with E-state index in [9.17, 15) is 13.6 Å². The van der Waals surface area contributed by atoms with Crippen LogP contribution < -0.4 is 0 Å². The molecule has 1 N–H and O–H groups in total. The Kier molecular flexibility index (Phi) is 5.69. The molecule has 1 heterocycles. The lowest BCUT2D eigenvalue weighted by atomic mass is 9.83. The van der Waals surface area contributed by atoms with Crippen molar-refractivity contribution in [2.75, 3.05) is 32.9 Å². The first-order valence-electron chi connectivity index (χ1n) is 7.65. The third kappa shape index (κ3) is 4.14. The van der Waals surface area contributed by atoms with Gasteiger partial charge in [-0.05, 0) is 30.8 Å². The van der Waals surface area contributed by atoms with Gasteiger partial charge >= 0.3 is 5.92 Å². The summed E-state index contributed by atoms with van der Waals surface area (Å²) in [5.74, 6) is -4.58. The molecule has 0 aromatic rings. The minimum absolute atomic E-state index is 0.0187. The molecule has 0 saturated carbocycles. The number of carbonyl (C=O) groups excluding carboxylic acids is 1. The zero-order valence-corrected chi connectivity index (χ0v) is 12.7. The Bertz CT molecular complexity index is 456. The summed E-state index contributed by atoms with van der Waals surface area (Å²) in [6.07, 6.45) is 3.30. The Morgan fingerprint density at radius 2 is 2.14 bits per heavy atom. The molecule has 1 aliphatic heterocycles. The molecule has 1 amide bonds. The van der Waals surface area contributed by atoms with Crippen LogP contribution in [0.5, 0.6) is 0 Å². The van der Waals surface area contributed by atoms with E-state index in [0.29, 0.717) is 38.0 Å². The largest absolute Gasteiger partial charge is 0.392 e. The Morgan fingerprint density at radius 3 is 2.68 bits per heavy atom. The summed E-state index contributed by atoms with van der Waals surface area (Å²) in [7, 11) is 0. The number of alkyl halides is 2. The molecular formula is C16H23F2NO3. The lowest BCUT2D eigenvalue weighted by molar-refractivity contribution is -0.161. The SMILES string of the molecule is C=C(CC(F)(F)C(=O)N1CCOCC1)C1CC=C(CO)CC1. The van der Waals surface area contributed by atoms with Gasteiger partial charge in [0.25, 0.3) is 5.91 Å². The number of aliphatic hydroxyl groups is 1. The van der Waals surface area contributed by atoms with E-state index >= 15 is 0 Å². The van der Waals surface area contributed by atoms with Crippen LogP contribution in [-0.4, -0.2) is 54.7 Å². The summed E-state index contributed by atoms with van der Waals surface area (Å²) in [6.45, 7) is 4.84. The van der Waals surface area contributed by atoms with E-state index < -0.39 is 18.3 Å². The van der Waals surface area contributed by atoms with Crippen LogP contribution in [0.25, 0.3) is 0 Å². The zero-order valence-electron chi connectivity index (χ0n) is 12.7. The lowest BCUT2D eigenvalue weighted by Crippen LogP contribution is -2.48. The molecule has 0 bridgehead atoms. The second-order valence-electron chi connectivity index (χ2n) is 5.94. The molecular weight excluding hydrogens is 292 g/mol. The van der Waals surface area contributed by atoms with Crippen LogP contribution in [0.1, 0.15) is 25.7 Å². The predicted molar refractivity (Wildman–Crippen MR) is 78.6 cm³/mol. The van der Waals surface area contributed by atoms with Crippen molar-refractivity contribution >= 4 is 5.91 Å². The first-order valence-corrected chi connectivity index (χ1v) is 7.65. The summed E-state index contributed by atoms with van der Waals surface area (Å²) >= 11 is 0. The third-order valence-electron chi connectivity index (χ3n) is 4.35. The van der Waals surface area contributed by atoms with Gasteiger partial charge in [0.2, 0.25) is 0 Å². The molecule has 124 valence electrons. The molecule has 2 rings (SSSR count). The van der Waals surface area contributed by atoms with Crippen molar-refractivity contribution in [2.45, 2.75) is 31.6 Å². The van der Waals surface area contributed by atoms with Crippen LogP contribution in [0.15, 0.2) is 23.8 Å². The number of rotatable bonds is 5. The van der Waals surface area contributed by atoms with Gasteiger partial charge in [0.1, 0.15) is 0 Å². The molecule has 0 aromatic heterocycles. The van der Waals surface area contributed by atoms with E-state index in [2.05, 4.69) is 6.58 Å². The fraction of sp³-hybridized carbons (Fsp3) is 0.688. The number of aliphatic hydroxyl groups excluding tert-OH is 1. The van der Waals surface area contributed by atoms with Gasteiger partial charge in [-0.1, -0.05) is 18.2 Å². The molecule has 6 heteroatoms. The van der Waals surface area contributed by atoms with Gasteiger partial charge in [-0.25, -0.2) is 0 Å². The highest BCUT2D eigenvalue weighted by atomic mass is 19.3. The maximum Gasteiger partial charge on any atom is 0.328 e. The molecule has 1 unspecified atom stereocenters. The monoisotopic (exact) mass is 315 g/mol. The average Bonchev–Trinajstić information content (AvgIpc) is 2.54. The summed E-state index contributed by atoms with van der Waals surface area (Å²) in [6, 6.07) is 0. The smallest absolute Gasteiger partial charge is 0.328 e. The molecule has 1 atom stereocenters. The van der Waals surface area contributed by atoms with Crippen LogP contribution in [0.4, 0.5) is 8.78 Å². The zero-order chi connectivity index (χ0) is 16.2. The van der Waals surface area contributed by atoms with Crippen LogP contribution >= 0.6 is 0 Å². The van der Waals surface area contributed by atoms with Gasteiger partial charge in [0.15, 0.2) is 0 Å². The van der Waals surface area contributed by atoms with Crippen molar-refractivity contribution in [2.24, 2.45) is 5.92 Å². The predicted octanol–water partition coefficient (Wildman–Crippen LogP) is 2.15. The minimum Gasteiger partial charge on any atom is -0.392 e. The molecule has 22 heavy (non-hydrogen) atoms. The normalized spacial score (nSPS) is 23.1. The first kappa shape index (κ1) is 17.1. The number of carbonyl (C=O) groups is 1. The maximum absolute atomic E-state index is 14.2. The molecule has 1 fully saturated rings. The Morgan fingerprint density at radius 1 is 1.45 bits per heavy atom. The summed E-state index contributed by atoms with van der Waals surface area (Å²) < 4.78 is 33.5. The highest BCUT2D eigenvalue weighted by molar-refractivity contribution is 5.84. The molecule has 2 aliphatic rings. The second-order valence-corrected chi connectivity index (χ2v) is 5.94. The Hall–Kier alpha value is -1.27. The number of allylic oxidation sites excluding steroid dienone is 2. The van der Waals surface area contributed by atoms with E-state index in [-0.39, 0.29) is 25.6 Å². The minimum atomic E-state index is -3.41. The molecule has 1 saturated heterocycles. The van der Waals surface area contributed by atoms with Crippen molar-refractivity contribution in [3.8, 4) is 0 Å². The fourth-order valence-electron chi connectivity index (χ4n) is 2.91. The van der Waals surface area contributed by atoms with Gasteiger partial charge < -0.3 is 14.7 Å². The van der Waals surface area contributed by atoms with E-state index in [1.165, 1.54) is 4.90 Å². The van der Waals surface area contributed by atoms with Crippen molar-refractivity contribution in [1.82, 2.24) is 4.90 Å². The van der Waals surface area contributed by atoms with Gasteiger partial charge in [-0.3, -0.25) is 4.79 Å². The Balaban J connectivity index is 1.91. The molecule has 1 aliphatic carbocycles. The van der Waals surface area contributed by atoms with Crippen LogP contribution in [0.2, 0.25) is 0 Å². The van der Waals surface area contributed by atoms with Crippen molar-refractivity contribution in [3.63, 3.8) is 0 Å². The average molecular weight is 315 g/mol. The van der Waals surface area contributed by atoms with Crippen LogP contribution in [0.3, 0.4) is 0 Å². The van der Waals surface area contributed by atoms with Gasteiger partial charge in [0, 0.05) is 19.5 Å². The summed E-state index contributed by atoms with van der Waals surface area (Å²) in [4.78, 5) is 13.1. The number of hydrogen-bond acceptors (Lipinski definition) is 3. The number of morpholine rings is 1. The van der Waals surface area contributed by atoms with Gasteiger partial charge in [0.05, 0.1) is 19.8 Å². The topological polar surface area (TPSA) is 49.8 Å².